The number of hydrogen-bond donors (Lipinski definition) is 0. The second-order valence-corrected chi connectivity index (χ2v) is 21.2. The molecule has 2 aliphatic rings. The highest BCUT2D eigenvalue weighted by Gasteiger charge is 2.52. The lowest BCUT2D eigenvalue weighted by Gasteiger charge is -2.43. The number of para-hydroxylation sites is 3. The molecule has 0 atom stereocenters. The Morgan fingerprint density at radius 2 is 0.688 bits per heavy atom. The van der Waals surface area contributed by atoms with Gasteiger partial charge in [-0.2, -0.15) is 0 Å². The molecule has 0 aliphatic carbocycles. The van der Waals surface area contributed by atoms with Gasteiger partial charge >= 0.3 is 0 Å². The molecule has 2 nitrogen and oxygen atoms in total. The first-order chi connectivity index (χ1) is 31.7. The molecular formula is C60H41NOSSi. The molecule has 1 spiro atoms. The van der Waals surface area contributed by atoms with Gasteiger partial charge in [-0.05, 0) is 126 Å². The Labute approximate surface area is 379 Å². The standard InChI is InChI=1S/C60H41NOSSi/c1-3-14-42(15-4-1)43-26-28-44(29-27-43)45-34-37-51(38-35-45)61(50-17-5-2-6-18-50)52-19-13-16-48(40-52)46-30-32-47(33-31-46)49-36-39-56-60(41-49)64(59-25-12-9-22-55(59)63-56)57-23-10-7-20-53(57)62-54-21-8-11-24-58(54)64/h1-41H. The summed E-state index contributed by atoms with van der Waals surface area (Å²) in [5.41, 5.74) is 12.9. The first-order valence-corrected chi connectivity index (χ1v) is 24.6. The van der Waals surface area contributed by atoms with E-state index in [4.69, 9.17) is 4.74 Å². The molecule has 64 heavy (non-hydrogen) atoms. The smallest absolute Gasteiger partial charge is 0.190 e. The van der Waals surface area contributed by atoms with Crippen LogP contribution < -0.4 is 30.4 Å². The molecular weight excluding hydrogens is 811 g/mol. The maximum Gasteiger partial charge on any atom is 0.190 e. The number of benzene rings is 10. The molecule has 10 aromatic carbocycles. The van der Waals surface area contributed by atoms with Gasteiger partial charge in [-0.1, -0.05) is 200 Å². The number of hydrogen-bond acceptors (Lipinski definition) is 3. The molecule has 0 aromatic heterocycles. The lowest BCUT2D eigenvalue weighted by Crippen LogP contribution is -2.77. The maximum absolute atomic E-state index is 6.64. The van der Waals surface area contributed by atoms with Gasteiger partial charge in [0.1, 0.15) is 11.5 Å². The molecule has 302 valence electrons. The van der Waals surface area contributed by atoms with Gasteiger partial charge in [0.15, 0.2) is 8.07 Å². The summed E-state index contributed by atoms with van der Waals surface area (Å²) in [6.07, 6.45) is 0. The zero-order valence-electron chi connectivity index (χ0n) is 34.9. The summed E-state index contributed by atoms with van der Waals surface area (Å²) in [7, 11) is -2.74. The zero-order chi connectivity index (χ0) is 42.5. The Morgan fingerprint density at radius 1 is 0.281 bits per heavy atom. The number of ether oxygens (including phenoxy) is 1. The predicted octanol–water partition coefficient (Wildman–Crippen LogP) is 13.8. The molecule has 4 heteroatoms. The van der Waals surface area contributed by atoms with Gasteiger partial charge in [0.2, 0.25) is 0 Å². The SMILES string of the molecule is c1ccc(-c2ccc(-c3ccc(N(c4ccccc4)c4cccc(-c5ccc(-c6ccc7c(c6)[Si]6(c8ccccc8Oc8ccccc86)c6ccccc6S7)cc5)c4)cc3)cc2)cc1. The molecule has 0 unspecified atom stereocenters. The van der Waals surface area contributed by atoms with Crippen molar-refractivity contribution in [2.75, 3.05) is 4.90 Å². The Hall–Kier alpha value is -7.63. The van der Waals surface area contributed by atoms with Crippen molar-refractivity contribution in [1.82, 2.24) is 0 Å². The Balaban J connectivity index is 0.882. The first kappa shape index (κ1) is 38.1. The lowest BCUT2D eigenvalue weighted by atomic mass is 9.99. The molecule has 12 rings (SSSR count). The van der Waals surface area contributed by atoms with E-state index in [0.717, 1.165) is 28.6 Å². The highest BCUT2D eigenvalue weighted by atomic mass is 32.2. The second kappa shape index (κ2) is 15.9. The van der Waals surface area contributed by atoms with Crippen molar-refractivity contribution in [1.29, 1.82) is 0 Å². The highest BCUT2D eigenvalue weighted by molar-refractivity contribution is 8.00. The van der Waals surface area contributed by atoms with Gasteiger partial charge in [0, 0.05) is 26.9 Å². The zero-order valence-corrected chi connectivity index (χ0v) is 36.8. The summed E-state index contributed by atoms with van der Waals surface area (Å²) in [4.78, 5) is 5.00. The van der Waals surface area contributed by atoms with Crippen LogP contribution in [0.4, 0.5) is 17.1 Å². The third-order valence-corrected chi connectivity index (χ3v) is 19.2. The highest BCUT2D eigenvalue weighted by Crippen LogP contribution is 2.41. The van der Waals surface area contributed by atoms with Crippen molar-refractivity contribution in [2.45, 2.75) is 9.79 Å². The van der Waals surface area contributed by atoms with Gasteiger partial charge in [-0.3, -0.25) is 0 Å². The van der Waals surface area contributed by atoms with Crippen molar-refractivity contribution in [3.8, 4) is 56.0 Å². The summed E-state index contributed by atoms with van der Waals surface area (Å²) in [6.45, 7) is 0. The van der Waals surface area contributed by atoms with Gasteiger partial charge in [-0.25, -0.2) is 0 Å². The average Bonchev–Trinajstić information content (AvgIpc) is 3.37. The number of anilines is 3. The Morgan fingerprint density at radius 3 is 1.31 bits per heavy atom. The van der Waals surface area contributed by atoms with Crippen LogP contribution in [0.2, 0.25) is 0 Å². The monoisotopic (exact) mass is 851 g/mol. The van der Waals surface area contributed by atoms with E-state index in [1.54, 1.807) is 0 Å². The van der Waals surface area contributed by atoms with E-state index >= 15 is 0 Å². The minimum Gasteiger partial charge on any atom is -0.458 e. The van der Waals surface area contributed by atoms with E-state index < -0.39 is 8.07 Å². The molecule has 10 aromatic rings. The average molecular weight is 852 g/mol. The summed E-state index contributed by atoms with van der Waals surface area (Å²) in [5, 5.41) is 5.47. The summed E-state index contributed by atoms with van der Waals surface area (Å²) < 4.78 is 6.64. The number of nitrogens with zero attached hydrogens (tertiary/aromatic N) is 1. The van der Waals surface area contributed by atoms with Crippen molar-refractivity contribution in [3.05, 3.63) is 249 Å². The van der Waals surface area contributed by atoms with E-state index in [1.165, 1.54) is 75.0 Å². The Bertz CT molecular complexity index is 3210. The number of rotatable bonds is 7. The van der Waals surface area contributed by atoms with E-state index in [9.17, 15) is 0 Å². The van der Waals surface area contributed by atoms with Crippen molar-refractivity contribution < 1.29 is 4.74 Å². The Kier molecular flexibility index (Phi) is 9.47. The molecule has 2 aliphatic heterocycles. The molecule has 0 amide bonds. The van der Waals surface area contributed by atoms with Crippen LogP contribution in [0.25, 0.3) is 44.5 Å². The topological polar surface area (TPSA) is 12.5 Å². The summed E-state index contributed by atoms with van der Waals surface area (Å²) in [6, 6.07) is 90.6. The molecule has 0 fully saturated rings. The number of fused-ring (bicyclic) bond motifs is 8. The minimum absolute atomic E-state index is 0.963. The van der Waals surface area contributed by atoms with Crippen LogP contribution in [0.3, 0.4) is 0 Å². The summed E-state index contributed by atoms with van der Waals surface area (Å²) in [5.74, 6) is 1.93. The fraction of sp³-hybridized carbons (Fsp3) is 0. The van der Waals surface area contributed by atoms with E-state index in [2.05, 4.69) is 254 Å². The third-order valence-electron chi connectivity index (χ3n) is 12.8. The lowest BCUT2D eigenvalue weighted by molar-refractivity contribution is 0.487. The van der Waals surface area contributed by atoms with E-state index in [0.29, 0.717) is 0 Å². The molecule has 0 saturated carbocycles. The van der Waals surface area contributed by atoms with Crippen molar-refractivity contribution >= 4 is 57.6 Å². The molecule has 0 N–H and O–H groups in total. The molecule has 0 radical (unpaired) electrons. The van der Waals surface area contributed by atoms with Gasteiger partial charge in [0.05, 0.1) is 0 Å². The van der Waals surface area contributed by atoms with Crippen LogP contribution in [0.1, 0.15) is 0 Å². The van der Waals surface area contributed by atoms with E-state index in [1.807, 2.05) is 11.8 Å². The molecule has 0 bridgehead atoms. The van der Waals surface area contributed by atoms with Crippen LogP contribution in [-0.2, 0) is 0 Å². The minimum atomic E-state index is -2.74. The van der Waals surface area contributed by atoms with Gasteiger partial charge < -0.3 is 9.64 Å². The third kappa shape index (κ3) is 6.50. The van der Waals surface area contributed by atoms with Crippen molar-refractivity contribution in [2.24, 2.45) is 0 Å². The fourth-order valence-electron chi connectivity index (χ4n) is 9.79. The molecule has 2 heterocycles. The van der Waals surface area contributed by atoms with Gasteiger partial charge in [-0.15, -0.1) is 0 Å². The predicted molar refractivity (Wildman–Crippen MR) is 271 cm³/mol. The van der Waals surface area contributed by atoms with Crippen LogP contribution in [0.15, 0.2) is 259 Å². The van der Waals surface area contributed by atoms with Crippen LogP contribution >= 0.6 is 11.8 Å². The fourth-order valence-corrected chi connectivity index (χ4v) is 16.9. The first-order valence-electron chi connectivity index (χ1n) is 21.8. The quantitative estimate of drug-likeness (QED) is 0.148. The van der Waals surface area contributed by atoms with Crippen LogP contribution in [0.5, 0.6) is 11.5 Å². The van der Waals surface area contributed by atoms with Gasteiger partial charge in [0.25, 0.3) is 0 Å². The van der Waals surface area contributed by atoms with Crippen LogP contribution in [-0.4, -0.2) is 8.07 Å². The largest absolute Gasteiger partial charge is 0.458 e. The summed E-state index contributed by atoms with van der Waals surface area (Å²) >= 11 is 1.89. The van der Waals surface area contributed by atoms with Crippen LogP contribution in [0, 0.1) is 0 Å². The second-order valence-electron chi connectivity index (χ2n) is 16.4. The van der Waals surface area contributed by atoms with Crippen molar-refractivity contribution in [3.63, 3.8) is 0 Å². The molecule has 0 saturated heterocycles. The van der Waals surface area contributed by atoms with E-state index in [-0.39, 0.29) is 0 Å². The normalized spacial score (nSPS) is 12.9. The maximum atomic E-state index is 6.64.